The molecule has 0 atom stereocenters. The smallest absolute Gasteiger partial charge is 0.216 e. The van der Waals surface area contributed by atoms with E-state index in [1.807, 2.05) is 0 Å². The highest BCUT2D eigenvalue weighted by Gasteiger charge is 2.24. The van der Waals surface area contributed by atoms with Gasteiger partial charge in [0, 0.05) is 12.8 Å². The van der Waals surface area contributed by atoms with Crippen LogP contribution < -0.4 is 10.5 Å². The first kappa shape index (κ1) is 14.9. The highest BCUT2D eigenvalue weighted by Crippen LogP contribution is 2.11. The molecule has 0 spiro atoms. The van der Waals surface area contributed by atoms with Crippen LogP contribution in [0.2, 0.25) is 0 Å². The minimum absolute atomic E-state index is 0.0690. The van der Waals surface area contributed by atoms with E-state index in [2.05, 4.69) is 4.72 Å². The third kappa shape index (κ3) is 5.03. The van der Waals surface area contributed by atoms with Gasteiger partial charge in [-0.1, -0.05) is 12.1 Å². The van der Waals surface area contributed by atoms with E-state index in [9.17, 15) is 8.42 Å². The second-order valence-corrected chi connectivity index (χ2v) is 6.64. The van der Waals surface area contributed by atoms with Gasteiger partial charge >= 0.3 is 0 Å². The molecule has 3 N–H and O–H groups in total. The Labute approximate surface area is 108 Å². The van der Waals surface area contributed by atoms with Crippen molar-refractivity contribution in [2.75, 3.05) is 19.5 Å². The van der Waals surface area contributed by atoms with Crippen LogP contribution in [0.5, 0.6) is 0 Å². The van der Waals surface area contributed by atoms with Gasteiger partial charge in [0.15, 0.2) is 0 Å². The molecular formula is C12H20N2O3S. The van der Waals surface area contributed by atoms with Crippen molar-refractivity contribution in [1.82, 2.24) is 4.72 Å². The number of hydrogen-bond acceptors (Lipinski definition) is 4. The summed E-state index contributed by atoms with van der Waals surface area (Å²) in [6.45, 7) is 3.86. The fraction of sp³-hybridized carbons (Fsp3) is 0.500. The van der Waals surface area contributed by atoms with Crippen LogP contribution >= 0.6 is 0 Å². The molecule has 0 aliphatic carbocycles. The number of nitrogen functional groups attached to an aromatic ring is 1. The molecule has 0 saturated carbocycles. The van der Waals surface area contributed by atoms with E-state index < -0.39 is 15.6 Å². The van der Waals surface area contributed by atoms with Crippen LogP contribution in [0.3, 0.4) is 0 Å². The average Bonchev–Trinajstić information content (AvgIpc) is 2.19. The molecule has 0 aromatic heterocycles. The van der Waals surface area contributed by atoms with Gasteiger partial charge in [0.05, 0.1) is 17.9 Å². The summed E-state index contributed by atoms with van der Waals surface area (Å²) in [6.07, 6.45) is 0. The number of nitrogens with two attached hydrogens (primary N) is 1. The third-order valence-electron chi connectivity index (χ3n) is 2.27. The molecule has 5 nitrogen and oxygen atoms in total. The first-order valence-electron chi connectivity index (χ1n) is 5.59. The fourth-order valence-corrected chi connectivity index (χ4v) is 3.28. The van der Waals surface area contributed by atoms with Gasteiger partial charge < -0.3 is 10.5 Å². The lowest BCUT2D eigenvalue weighted by molar-refractivity contribution is 0.141. The third-order valence-corrected chi connectivity index (χ3v) is 3.85. The Balaban J connectivity index is 2.73. The molecule has 102 valence electrons. The maximum Gasteiger partial charge on any atom is 0.216 e. The monoisotopic (exact) mass is 272 g/mol. The van der Waals surface area contributed by atoms with Crippen molar-refractivity contribution in [3.05, 3.63) is 29.8 Å². The van der Waals surface area contributed by atoms with Gasteiger partial charge in [0.2, 0.25) is 10.0 Å². The maximum absolute atomic E-state index is 12.0. The maximum atomic E-state index is 12.0. The second-order valence-electron chi connectivity index (χ2n) is 4.92. The van der Waals surface area contributed by atoms with Crippen molar-refractivity contribution in [1.29, 1.82) is 0 Å². The Bertz CT molecular complexity index is 481. The summed E-state index contributed by atoms with van der Waals surface area (Å²) in [7, 11) is -1.86. The average molecular weight is 272 g/mol. The Morgan fingerprint density at radius 1 is 1.28 bits per heavy atom. The summed E-state index contributed by atoms with van der Waals surface area (Å²) < 4.78 is 31.5. The van der Waals surface area contributed by atoms with Gasteiger partial charge in [-0.05, 0) is 31.5 Å². The molecule has 0 fully saturated rings. The van der Waals surface area contributed by atoms with Crippen LogP contribution in [-0.2, 0) is 20.5 Å². The fourth-order valence-electron chi connectivity index (χ4n) is 1.68. The standard InChI is InChI=1S/C12H20N2O3S/c1-12(2,9-17-3)14-18(15,16)8-10-4-6-11(13)7-5-10/h4-7,14H,8-9,13H2,1-3H3. The Morgan fingerprint density at radius 2 is 1.83 bits per heavy atom. The van der Waals surface area contributed by atoms with Crippen LogP contribution in [0, 0.1) is 0 Å². The number of nitrogens with one attached hydrogen (secondary N) is 1. The van der Waals surface area contributed by atoms with Gasteiger partial charge in [-0.15, -0.1) is 0 Å². The van der Waals surface area contributed by atoms with E-state index in [1.165, 1.54) is 7.11 Å². The lowest BCUT2D eigenvalue weighted by atomic mass is 10.1. The Hall–Kier alpha value is -1.11. The summed E-state index contributed by atoms with van der Waals surface area (Å²) in [6, 6.07) is 6.78. The van der Waals surface area contributed by atoms with Crippen LogP contribution in [0.1, 0.15) is 19.4 Å². The molecule has 0 unspecified atom stereocenters. The number of sulfonamides is 1. The number of benzene rings is 1. The van der Waals surface area contributed by atoms with Crippen molar-refractivity contribution in [3.8, 4) is 0 Å². The van der Waals surface area contributed by atoms with Crippen molar-refractivity contribution < 1.29 is 13.2 Å². The number of hydrogen-bond donors (Lipinski definition) is 2. The van der Waals surface area contributed by atoms with Gasteiger partial charge in [0.25, 0.3) is 0 Å². The van der Waals surface area contributed by atoms with E-state index >= 15 is 0 Å². The molecule has 0 aliphatic heterocycles. The van der Waals surface area contributed by atoms with Crippen LogP contribution in [0.15, 0.2) is 24.3 Å². The van der Waals surface area contributed by atoms with E-state index in [0.717, 1.165) is 0 Å². The van der Waals surface area contributed by atoms with Gasteiger partial charge in [-0.2, -0.15) is 0 Å². The zero-order valence-electron chi connectivity index (χ0n) is 10.9. The minimum atomic E-state index is -3.40. The number of anilines is 1. The predicted octanol–water partition coefficient (Wildman–Crippen LogP) is 1.11. The first-order valence-corrected chi connectivity index (χ1v) is 7.24. The summed E-state index contributed by atoms with van der Waals surface area (Å²) >= 11 is 0. The van der Waals surface area contributed by atoms with Gasteiger partial charge in [-0.3, -0.25) is 0 Å². The summed E-state index contributed by atoms with van der Waals surface area (Å²) in [5.74, 6) is -0.0690. The molecule has 0 saturated heterocycles. The quantitative estimate of drug-likeness (QED) is 0.760. The minimum Gasteiger partial charge on any atom is -0.399 e. The Kier molecular flexibility index (Phi) is 4.72. The van der Waals surface area contributed by atoms with Crippen LogP contribution in [-0.4, -0.2) is 27.7 Å². The second kappa shape index (κ2) is 5.69. The summed E-state index contributed by atoms with van der Waals surface area (Å²) in [5.41, 5.74) is 6.24. The molecule has 18 heavy (non-hydrogen) atoms. The van der Waals surface area contributed by atoms with Gasteiger partial charge in [-0.25, -0.2) is 13.1 Å². The van der Waals surface area contributed by atoms with Crippen molar-refractivity contribution in [3.63, 3.8) is 0 Å². The SMILES string of the molecule is COCC(C)(C)NS(=O)(=O)Cc1ccc(N)cc1. The first-order chi connectivity index (χ1) is 8.24. The molecule has 0 radical (unpaired) electrons. The van der Waals surface area contributed by atoms with Crippen LogP contribution in [0.4, 0.5) is 5.69 Å². The van der Waals surface area contributed by atoms with Crippen molar-refractivity contribution in [2.45, 2.75) is 25.1 Å². The molecule has 1 aromatic rings. The molecule has 0 heterocycles. The van der Waals surface area contributed by atoms with Crippen LogP contribution in [0.25, 0.3) is 0 Å². The molecule has 1 aromatic carbocycles. The molecule has 6 heteroatoms. The zero-order chi connectivity index (χ0) is 13.8. The molecule has 0 aliphatic rings. The normalized spacial score (nSPS) is 12.6. The Morgan fingerprint density at radius 3 is 2.33 bits per heavy atom. The topological polar surface area (TPSA) is 81.4 Å². The van der Waals surface area contributed by atoms with Crippen molar-refractivity contribution in [2.24, 2.45) is 0 Å². The zero-order valence-corrected chi connectivity index (χ0v) is 11.8. The van der Waals surface area contributed by atoms with Gasteiger partial charge in [0.1, 0.15) is 0 Å². The highest BCUT2D eigenvalue weighted by atomic mass is 32.2. The number of ether oxygens (including phenoxy) is 1. The van der Waals surface area contributed by atoms with E-state index in [0.29, 0.717) is 17.9 Å². The summed E-state index contributed by atoms with van der Waals surface area (Å²) in [4.78, 5) is 0. The lowest BCUT2D eigenvalue weighted by Crippen LogP contribution is -2.47. The molecule has 0 amide bonds. The summed E-state index contributed by atoms with van der Waals surface area (Å²) in [5, 5.41) is 0. The molecule has 1 rings (SSSR count). The highest BCUT2D eigenvalue weighted by molar-refractivity contribution is 7.88. The van der Waals surface area contributed by atoms with E-state index in [1.54, 1.807) is 38.1 Å². The largest absolute Gasteiger partial charge is 0.399 e. The van der Waals surface area contributed by atoms with E-state index in [-0.39, 0.29) is 5.75 Å². The lowest BCUT2D eigenvalue weighted by Gasteiger charge is -2.24. The number of rotatable bonds is 6. The molecule has 0 bridgehead atoms. The predicted molar refractivity (Wildman–Crippen MR) is 72.6 cm³/mol. The number of methoxy groups -OCH3 is 1. The van der Waals surface area contributed by atoms with E-state index in [4.69, 9.17) is 10.5 Å². The van der Waals surface area contributed by atoms with Crippen molar-refractivity contribution >= 4 is 15.7 Å². The molecular weight excluding hydrogens is 252 g/mol.